The first-order valence-corrected chi connectivity index (χ1v) is 12.1. The molecule has 1 spiro atoms. The Bertz CT molecular complexity index is 1190. The van der Waals surface area contributed by atoms with Crippen molar-refractivity contribution in [3.05, 3.63) is 36.3 Å². The molecular weight excluding hydrogens is 414 g/mol. The summed E-state index contributed by atoms with van der Waals surface area (Å²) in [4.78, 5) is 23.2. The number of hydrogen-bond acceptors (Lipinski definition) is 8. The third-order valence-electron chi connectivity index (χ3n) is 7.37. The maximum atomic E-state index is 9.74. The van der Waals surface area contributed by atoms with Crippen LogP contribution in [-0.2, 0) is 0 Å². The first-order chi connectivity index (χ1) is 16.0. The average molecular weight is 446 g/mol. The second kappa shape index (κ2) is 7.80. The number of anilines is 4. The zero-order valence-electron chi connectivity index (χ0n) is 19.3. The van der Waals surface area contributed by atoms with Crippen LogP contribution in [0.15, 0.2) is 30.7 Å². The van der Waals surface area contributed by atoms with Gasteiger partial charge in [0.2, 0.25) is 5.95 Å². The molecule has 2 saturated heterocycles. The molecule has 2 N–H and O–H groups in total. The molecule has 8 heteroatoms. The largest absolute Gasteiger partial charge is 0.389 e. The van der Waals surface area contributed by atoms with Crippen molar-refractivity contribution in [3.63, 3.8) is 0 Å². The van der Waals surface area contributed by atoms with Crippen molar-refractivity contribution in [2.24, 2.45) is 5.41 Å². The lowest BCUT2D eigenvalue weighted by molar-refractivity contribution is 0.141. The molecule has 3 aromatic rings. The van der Waals surface area contributed by atoms with E-state index in [0.717, 1.165) is 47.3 Å². The lowest BCUT2D eigenvalue weighted by Crippen LogP contribution is -2.51. The molecule has 0 bridgehead atoms. The lowest BCUT2D eigenvalue weighted by Gasteiger charge is -2.37. The zero-order chi connectivity index (χ0) is 22.6. The van der Waals surface area contributed by atoms with Crippen LogP contribution >= 0.6 is 0 Å². The van der Waals surface area contributed by atoms with Gasteiger partial charge in [0.1, 0.15) is 17.5 Å². The molecule has 3 fully saturated rings. The van der Waals surface area contributed by atoms with E-state index in [1.165, 1.54) is 31.2 Å². The predicted molar refractivity (Wildman–Crippen MR) is 130 cm³/mol. The molecule has 0 amide bonds. The number of aliphatic hydroxyl groups is 1. The molecule has 0 unspecified atom stereocenters. The SMILES string of the molecule is CC(C)c1cnc(N2CC(O)C2)c2cnc(Nc3ccnc(N4CCCC5(CC5)C4)n3)cc12. The zero-order valence-corrected chi connectivity index (χ0v) is 19.3. The van der Waals surface area contributed by atoms with E-state index in [9.17, 15) is 5.11 Å². The van der Waals surface area contributed by atoms with Gasteiger partial charge < -0.3 is 20.2 Å². The number of fused-ring (bicyclic) bond motifs is 1. The van der Waals surface area contributed by atoms with Crippen molar-refractivity contribution >= 4 is 34.2 Å². The Balaban J connectivity index is 1.29. The molecule has 5 heterocycles. The summed E-state index contributed by atoms with van der Waals surface area (Å²) in [6.45, 7) is 7.69. The Hall–Kier alpha value is -3.00. The summed E-state index contributed by atoms with van der Waals surface area (Å²) in [5, 5.41) is 15.3. The third-order valence-corrected chi connectivity index (χ3v) is 7.37. The highest BCUT2D eigenvalue weighted by Crippen LogP contribution is 2.52. The Morgan fingerprint density at radius 1 is 1.03 bits per heavy atom. The third kappa shape index (κ3) is 3.86. The number of piperidine rings is 1. The predicted octanol–water partition coefficient (Wildman–Crippen LogP) is 3.85. The van der Waals surface area contributed by atoms with Crippen LogP contribution in [0, 0.1) is 5.41 Å². The van der Waals surface area contributed by atoms with Crippen molar-refractivity contribution in [2.45, 2.75) is 51.6 Å². The highest BCUT2D eigenvalue weighted by atomic mass is 16.3. The number of rotatable bonds is 5. The second-order valence-electron chi connectivity index (χ2n) is 10.3. The smallest absolute Gasteiger partial charge is 0.227 e. The van der Waals surface area contributed by atoms with Gasteiger partial charge in [-0.3, -0.25) is 0 Å². The minimum Gasteiger partial charge on any atom is -0.389 e. The van der Waals surface area contributed by atoms with E-state index in [1.807, 2.05) is 24.7 Å². The Morgan fingerprint density at radius 3 is 2.64 bits per heavy atom. The van der Waals surface area contributed by atoms with Gasteiger partial charge in [-0.25, -0.2) is 15.0 Å². The number of hydrogen-bond donors (Lipinski definition) is 2. The van der Waals surface area contributed by atoms with Gasteiger partial charge in [-0.05, 0) is 60.1 Å². The van der Waals surface area contributed by atoms with Crippen molar-refractivity contribution in [1.29, 1.82) is 0 Å². The molecule has 33 heavy (non-hydrogen) atoms. The molecular formula is C25H31N7O. The molecule has 1 saturated carbocycles. The van der Waals surface area contributed by atoms with Gasteiger partial charge in [-0.1, -0.05) is 13.8 Å². The highest BCUT2D eigenvalue weighted by molar-refractivity contribution is 5.96. The quantitative estimate of drug-likeness (QED) is 0.612. The fraction of sp³-hybridized carbons (Fsp3) is 0.520. The minimum atomic E-state index is -0.276. The van der Waals surface area contributed by atoms with Crippen molar-refractivity contribution in [2.75, 3.05) is 41.3 Å². The van der Waals surface area contributed by atoms with Crippen molar-refractivity contribution in [1.82, 2.24) is 19.9 Å². The summed E-state index contributed by atoms with van der Waals surface area (Å²) in [5.41, 5.74) is 1.71. The van der Waals surface area contributed by atoms with Crippen LogP contribution < -0.4 is 15.1 Å². The average Bonchev–Trinajstić information content (AvgIpc) is 3.54. The maximum Gasteiger partial charge on any atom is 0.227 e. The summed E-state index contributed by atoms with van der Waals surface area (Å²) >= 11 is 0. The molecule has 0 radical (unpaired) electrons. The van der Waals surface area contributed by atoms with E-state index in [1.54, 1.807) is 0 Å². The topological polar surface area (TPSA) is 90.3 Å². The fourth-order valence-electron chi connectivity index (χ4n) is 5.22. The molecule has 3 aromatic heterocycles. The van der Waals surface area contributed by atoms with Gasteiger partial charge in [0.05, 0.1) is 6.10 Å². The number of nitrogens with one attached hydrogen (secondary N) is 1. The summed E-state index contributed by atoms with van der Waals surface area (Å²) < 4.78 is 0. The van der Waals surface area contributed by atoms with Gasteiger partial charge in [-0.2, -0.15) is 4.98 Å². The van der Waals surface area contributed by atoms with Crippen LogP contribution in [0.2, 0.25) is 0 Å². The normalized spacial score (nSPS) is 19.9. The summed E-state index contributed by atoms with van der Waals surface area (Å²) in [6.07, 6.45) is 10.6. The monoisotopic (exact) mass is 445 g/mol. The van der Waals surface area contributed by atoms with Crippen LogP contribution in [-0.4, -0.2) is 57.3 Å². The Kier molecular flexibility index (Phi) is 4.87. The van der Waals surface area contributed by atoms with Crippen molar-refractivity contribution in [3.8, 4) is 0 Å². The molecule has 0 atom stereocenters. The molecule has 8 nitrogen and oxygen atoms in total. The van der Waals surface area contributed by atoms with Gasteiger partial charge >= 0.3 is 0 Å². The van der Waals surface area contributed by atoms with E-state index in [2.05, 4.69) is 45.0 Å². The standard InChI is InChI=1S/C25H31N7O/c1-16(2)19-11-28-23(32-13-17(33)14-32)20-12-27-22(10-18(19)20)29-21-4-8-26-24(30-21)31-9-3-5-25(15-31)6-7-25/h4,8,10-12,16-17,33H,3,5-7,9,13-15H2,1-2H3,(H,26,27,29,30). The van der Waals surface area contributed by atoms with Crippen LogP contribution in [0.3, 0.4) is 0 Å². The number of pyridine rings is 2. The van der Waals surface area contributed by atoms with E-state index in [4.69, 9.17) is 9.97 Å². The van der Waals surface area contributed by atoms with Gasteiger partial charge in [-0.15, -0.1) is 0 Å². The Labute approximate surface area is 194 Å². The number of β-amino-alcohol motifs (C(OH)–C–C–N with tert-alkyl or cyclic N) is 1. The highest BCUT2D eigenvalue weighted by Gasteiger charge is 2.45. The van der Waals surface area contributed by atoms with Gasteiger partial charge in [0.15, 0.2) is 0 Å². The van der Waals surface area contributed by atoms with Crippen molar-refractivity contribution < 1.29 is 5.11 Å². The Morgan fingerprint density at radius 2 is 1.88 bits per heavy atom. The van der Waals surface area contributed by atoms with E-state index >= 15 is 0 Å². The first-order valence-electron chi connectivity index (χ1n) is 12.1. The summed E-state index contributed by atoms with van der Waals surface area (Å²) in [7, 11) is 0. The fourth-order valence-corrected chi connectivity index (χ4v) is 5.22. The second-order valence-corrected chi connectivity index (χ2v) is 10.3. The lowest BCUT2D eigenvalue weighted by atomic mass is 9.95. The van der Waals surface area contributed by atoms with Gasteiger partial charge in [0, 0.05) is 50.2 Å². The molecule has 6 rings (SSSR count). The van der Waals surface area contributed by atoms with Gasteiger partial charge in [0.25, 0.3) is 0 Å². The molecule has 2 aliphatic heterocycles. The first kappa shape index (κ1) is 20.6. The van der Waals surface area contributed by atoms with E-state index in [0.29, 0.717) is 24.4 Å². The van der Waals surface area contributed by atoms with E-state index < -0.39 is 0 Å². The molecule has 1 aliphatic carbocycles. The van der Waals surface area contributed by atoms with Crippen LogP contribution in [0.25, 0.3) is 10.8 Å². The van der Waals surface area contributed by atoms with Crippen LogP contribution in [0.1, 0.15) is 51.0 Å². The molecule has 0 aromatic carbocycles. The molecule has 3 aliphatic rings. The van der Waals surface area contributed by atoms with E-state index in [-0.39, 0.29) is 6.10 Å². The number of nitrogens with zero attached hydrogens (tertiary/aromatic N) is 6. The minimum absolute atomic E-state index is 0.276. The molecule has 172 valence electrons. The van der Waals surface area contributed by atoms with Crippen LogP contribution in [0.4, 0.5) is 23.4 Å². The summed E-state index contributed by atoms with van der Waals surface area (Å²) in [5.74, 6) is 3.55. The number of aromatic nitrogens is 4. The van der Waals surface area contributed by atoms with Crippen LogP contribution in [0.5, 0.6) is 0 Å². The summed E-state index contributed by atoms with van der Waals surface area (Å²) in [6, 6.07) is 3.99. The number of aliphatic hydroxyl groups excluding tert-OH is 1. The maximum absolute atomic E-state index is 9.74.